The Morgan fingerprint density at radius 3 is 1.11 bits per heavy atom. The lowest BCUT2D eigenvalue weighted by molar-refractivity contribution is 0.0247. The molecule has 0 saturated heterocycles. The van der Waals surface area contributed by atoms with Gasteiger partial charge >= 0.3 is 26.4 Å². The summed E-state index contributed by atoms with van der Waals surface area (Å²) in [4.78, 5) is 0. The molecule has 0 spiro atoms. The molecule has 2 unspecified atom stereocenters. The minimum Gasteiger partial charge on any atom is -0.374 e. The highest BCUT2D eigenvalue weighted by molar-refractivity contribution is 9.26. The molecule has 1 aliphatic rings. The summed E-state index contributed by atoms with van der Waals surface area (Å²) in [5.41, 5.74) is -0.157. The van der Waals surface area contributed by atoms with Gasteiger partial charge in [0, 0.05) is 100.0 Å². The van der Waals surface area contributed by atoms with Crippen LogP contribution in [0.3, 0.4) is 0 Å². The van der Waals surface area contributed by atoms with E-state index in [9.17, 15) is 0 Å². The molecule has 0 bridgehead atoms. The molecule has 0 aromatic rings. The number of rotatable bonds is 40. The predicted molar refractivity (Wildman–Crippen MR) is 264 cm³/mol. The molecule has 0 aromatic heterocycles. The number of hydrogen-bond donors (Lipinski definition) is 0. The third-order valence-corrected chi connectivity index (χ3v) is 32.5. The molecule has 9 nitrogen and oxygen atoms in total. The van der Waals surface area contributed by atoms with E-state index in [0.29, 0.717) is 59.5 Å². The SMILES string of the molecule is CCO[Si](CCCSSSSCCC1(CC)C=CC=CC1(CCSSSSCCC[Si](OCC)(OCC)OCC)[Si](OCC)(OCC)OCC)(OCC)OCC. The Hall–Kier alpha value is 2.57. The summed E-state index contributed by atoms with van der Waals surface area (Å²) in [6.07, 6.45) is 14.2. The quantitative estimate of drug-likeness (QED) is 0.0331. The fraction of sp³-hybridized carbons (Fsp3) is 0.889. The van der Waals surface area contributed by atoms with Crippen LogP contribution in [0.25, 0.3) is 0 Å². The molecule has 0 aromatic carbocycles. The van der Waals surface area contributed by atoms with Gasteiger partial charge in [-0.1, -0.05) is 74.4 Å². The average molecular weight is 992 g/mol. The van der Waals surface area contributed by atoms with Gasteiger partial charge in [0.05, 0.1) is 5.04 Å². The highest BCUT2D eigenvalue weighted by atomic mass is 33.7. The van der Waals surface area contributed by atoms with Crippen LogP contribution in [0, 0.1) is 5.41 Å². The van der Waals surface area contributed by atoms with Crippen LogP contribution in [0.2, 0.25) is 17.1 Å². The third-order valence-electron chi connectivity index (χ3n) is 9.04. The molecule has 0 aliphatic heterocycles. The lowest BCUT2D eigenvalue weighted by Crippen LogP contribution is -2.62. The molecular formula is C36H74O9S8Si3. The summed E-state index contributed by atoms with van der Waals surface area (Å²) >= 11 is 0. The molecule has 56 heavy (non-hydrogen) atoms. The summed E-state index contributed by atoms with van der Waals surface area (Å²) in [5, 5.41) is -0.381. The first kappa shape index (κ1) is 56.6. The van der Waals surface area contributed by atoms with E-state index >= 15 is 0 Å². The van der Waals surface area contributed by atoms with E-state index in [1.807, 2.05) is 124 Å². The summed E-state index contributed by atoms with van der Waals surface area (Å²) < 4.78 is 56.6. The Balaban J connectivity index is 2.91. The van der Waals surface area contributed by atoms with Crippen LogP contribution in [0.1, 0.15) is 101 Å². The van der Waals surface area contributed by atoms with Crippen LogP contribution >= 0.6 is 82.5 Å². The van der Waals surface area contributed by atoms with Crippen molar-refractivity contribution in [3.63, 3.8) is 0 Å². The monoisotopic (exact) mass is 990 g/mol. The smallest absolute Gasteiger partial charge is 0.374 e. The molecule has 2 atom stereocenters. The molecule has 1 aliphatic carbocycles. The predicted octanol–water partition coefficient (Wildman–Crippen LogP) is 13.3. The Morgan fingerprint density at radius 2 is 0.750 bits per heavy atom. The zero-order valence-electron chi connectivity index (χ0n) is 35.9. The Kier molecular flexibility index (Phi) is 34.4. The van der Waals surface area contributed by atoms with Gasteiger partial charge in [0.15, 0.2) is 0 Å². The van der Waals surface area contributed by atoms with Crippen molar-refractivity contribution in [2.75, 3.05) is 82.5 Å². The minimum absolute atomic E-state index is 0.157. The van der Waals surface area contributed by atoms with E-state index < -0.39 is 26.4 Å². The van der Waals surface area contributed by atoms with Crippen molar-refractivity contribution in [2.45, 2.75) is 118 Å². The van der Waals surface area contributed by atoms with Crippen LogP contribution in [-0.2, 0) is 39.8 Å². The van der Waals surface area contributed by atoms with Crippen LogP contribution in [0.15, 0.2) is 24.3 Å². The van der Waals surface area contributed by atoms with Crippen molar-refractivity contribution in [2.24, 2.45) is 5.41 Å². The molecule has 332 valence electrons. The van der Waals surface area contributed by atoms with Crippen molar-refractivity contribution in [3.05, 3.63) is 24.3 Å². The van der Waals surface area contributed by atoms with Crippen molar-refractivity contribution < 1.29 is 39.8 Å². The standard InChI is InChI=1S/C36H74O9S8Si3/c1-11-35(27-31-48-52-50-46-29-23-33-54(37-12-2,38-13-3)39-14-4)25-21-22-26-36(35,56(43-18-8,44-19-9)45-20-10)28-32-49-53-51-47-30-24-34-55(40-15-5,41-16-6)42-17-7/h21-22,25-26H,11-20,23-24,27-34H2,1-10H3. The Morgan fingerprint density at radius 1 is 0.411 bits per heavy atom. The topological polar surface area (TPSA) is 83.1 Å². The second kappa shape index (κ2) is 34.0. The first-order valence-corrected chi connectivity index (χ1v) is 36.4. The molecule has 0 heterocycles. The van der Waals surface area contributed by atoms with Crippen molar-refractivity contribution in [3.8, 4) is 0 Å². The zero-order chi connectivity index (χ0) is 41.5. The van der Waals surface area contributed by atoms with Gasteiger partial charge in [-0.3, -0.25) is 0 Å². The molecule has 0 radical (unpaired) electrons. The van der Waals surface area contributed by atoms with Gasteiger partial charge < -0.3 is 39.8 Å². The van der Waals surface area contributed by atoms with Crippen molar-refractivity contribution in [1.82, 2.24) is 0 Å². The number of hydrogen-bond acceptors (Lipinski definition) is 17. The van der Waals surface area contributed by atoms with Crippen LogP contribution in [-0.4, -0.2) is 109 Å². The van der Waals surface area contributed by atoms with Gasteiger partial charge in [-0.2, -0.15) is 0 Å². The summed E-state index contributed by atoms with van der Waals surface area (Å²) in [7, 11) is 6.74. The van der Waals surface area contributed by atoms with Crippen molar-refractivity contribution >= 4 is 109 Å². The average Bonchev–Trinajstić information content (AvgIpc) is 3.18. The van der Waals surface area contributed by atoms with Crippen LogP contribution in [0.5, 0.6) is 0 Å². The van der Waals surface area contributed by atoms with Crippen LogP contribution in [0.4, 0.5) is 0 Å². The Bertz CT molecular complexity index is 982. The van der Waals surface area contributed by atoms with E-state index in [-0.39, 0.29) is 10.5 Å². The molecule has 0 saturated carbocycles. The fourth-order valence-electron chi connectivity index (χ4n) is 7.00. The maximum atomic E-state index is 6.78. The zero-order valence-corrected chi connectivity index (χ0v) is 45.4. The fourth-order valence-corrected chi connectivity index (χ4v) is 29.2. The summed E-state index contributed by atoms with van der Waals surface area (Å²) in [6.45, 7) is 26.0. The highest BCUT2D eigenvalue weighted by Crippen LogP contribution is 2.64. The van der Waals surface area contributed by atoms with E-state index in [4.69, 9.17) is 39.8 Å². The van der Waals surface area contributed by atoms with E-state index in [2.05, 4.69) is 52.0 Å². The third kappa shape index (κ3) is 18.7. The van der Waals surface area contributed by atoms with E-state index in [0.717, 1.165) is 67.2 Å². The minimum atomic E-state index is -3.21. The molecule has 0 amide bonds. The maximum Gasteiger partial charge on any atom is 0.512 e. The largest absolute Gasteiger partial charge is 0.512 e. The normalized spacial score (nSPS) is 19.0. The maximum absolute atomic E-state index is 6.78. The lowest BCUT2D eigenvalue weighted by Gasteiger charge is -2.55. The first-order valence-electron chi connectivity index (χ1n) is 20.5. The van der Waals surface area contributed by atoms with Gasteiger partial charge in [0.25, 0.3) is 0 Å². The first-order chi connectivity index (χ1) is 27.2. The van der Waals surface area contributed by atoms with E-state index in [1.54, 1.807) is 0 Å². The molecule has 0 fully saturated rings. The van der Waals surface area contributed by atoms with E-state index in [1.165, 1.54) is 0 Å². The second-order valence-corrected chi connectivity index (χ2v) is 33.1. The molecule has 20 heteroatoms. The van der Waals surface area contributed by atoms with Gasteiger partial charge in [-0.05, 0) is 134 Å². The van der Waals surface area contributed by atoms with Gasteiger partial charge in [0.1, 0.15) is 0 Å². The van der Waals surface area contributed by atoms with Crippen molar-refractivity contribution in [1.29, 1.82) is 0 Å². The van der Waals surface area contributed by atoms with Gasteiger partial charge in [-0.25, -0.2) is 0 Å². The van der Waals surface area contributed by atoms with Gasteiger partial charge in [-0.15, -0.1) is 0 Å². The molecule has 1 rings (SSSR count). The van der Waals surface area contributed by atoms with Gasteiger partial charge in [0.2, 0.25) is 0 Å². The Labute approximate surface area is 376 Å². The second-order valence-electron chi connectivity index (χ2n) is 12.3. The summed E-state index contributed by atoms with van der Waals surface area (Å²) in [5.74, 6) is 4.04. The lowest BCUT2D eigenvalue weighted by atomic mass is 9.67. The molecular weight excluding hydrogens is 917 g/mol. The number of allylic oxidation sites excluding steroid dienone is 4. The van der Waals surface area contributed by atoms with Crippen LogP contribution < -0.4 is 0 Å². The highest BCUT2D eigenvalue weighted by Gasteiger charge is 2.67. The molecule has 0 N–H and O–H groups in total. The summed E-state index contributed by atoms with van der Waals surface area (Å²) in [6, 6.07) is 1.71.